The maximum absolute atomic E-state index is 3.69. The molecule has 1 saturated carbocycles. The van der Waals surface area contributed by atoms with Gasteiger partial charge in [-0.3, -0.25) is 0 Å². The van der Waals surface area contributed by atoms with Gasteiger partial charge in [-0.25, -0.2) is 0 Å². The molecule has 0 saturated heterocycles. The van der Waals surface area contributed by atoms with E-state index in [4.69, 9.17) is 0 Å². The Kier molecular flexibility index (Phi) is 3.44. The molecule has 2 heteroatoms. The zero-order chi connectivity index (χ0) is 11.5. The summed E-state index contributed by atoms with van der Waals surface area (Å²) in [5, 5.41) is 7.11. The van der Waals surface area contributed by atoms with Crippen molar-refractivity contribution in [3.8, 4) is 0 Å². The molecule has 0 radical (unpaired) electrons. The highest BCUT2D eigenvalue weighted by molar-refractivity contribution is 5.33. The summed E-state index contributed by atoms with van der Waals surface area (Å²) in [6.07, 6.45) is 6.75. The van der Waals surface area contributed by atoms with Crippen molar-refractivity contribution >= 4 is 0 Å². The maximum atomic E-state index is 3.69. The third kappa shape index (κ3) is 2.70. The van der Waals surface area contributed by atoms with Gasteiger partial charge in [-0.15, -0.1) is 0 Å². The van der Waals surface area contributed by atoms with E-state index >= 15 is 0 Å². The Morgan fingerprint density at radius 3 is 2.94 bits per heavy atom. The van der Waals surface area contributed by atoms with Gasteiger partial charge in [0.05, 0.1) is 0 Å². The van der Waals surface area contributed by atoms with Crippen molar-refractivity contribution < 1.29 is 0 Å². The minimum Gasteiger partial charge on any atom is -0.312 e. The molecule has 2 aliphatic rings. The second-order valence-electron chi connectivity index (χ2n) is 5.39. The molecule has 0 unspecified atom stereocenters. The quantitative estimate of drug-likeness (QED) is 0.833. The lowest BCUT2D eigenvalue weighted by molar-refractivity contribution is 0.523. The van der Waals surface area contributed by atoms with E-state index in [1.165, 1.54) is 43.2 Å². The van der Waals surface area contributed by atoms with Crippen LogP contribution in [0.3, 0.4) is 0 Å². The summed E-state index contributed by atoms with van der Waals surface area (Å²) in [7, 11) is 0. The van der Waals surface area contributed by atoms with Crippen LogP contribution in [0.4, 0.5) is 0 Å². The zero-order valence-electron chi connectivity index (χ0n) is 10.5. The van der Waals surface area contributed by atoms with Gasteiger partial charge in [0.2, 0.25) is 0 Å². The fraction of sp³-hybridized carbons (Fsp3) is 0.600. The zero-order valence-corrected chi connectivity index (χ0v) is 10.5. The molecule has 0 spiro atoms. The monoisotopic (exact) mass is 230 g/mol. The summed E-state index contributed by atoms with van der Waals surface area (Å²) < 4.78 is 0. The molecule has 0 atom stereocenters. The van der Waals surface area contributed by atoms with Crippen LogP contribution in [0.1, 0.15) is 42.4 Å². The predicted molar refractivity (Wildman–Crippen MR) is 70.9 cm³/mol. The molecule has 3 rings (SSSR count). The van der Waals surface area contributed by atoms with E-state index in [9.17, 15) is 0 Å². The Labute approximate surface area is 104 Å². The van der Waals surface area contributed by atoms with Gasteiger partial charge >= 0.3 is 0 Å². The first kappa shape index (κ1) is 11.2. The molecular formula is C15H22N2. The van der Waals surface area contributed by atoms with Gasteiger partial charge in [-0.1, -0.05) is 31.0 Å². The van der Waals surface area contributed by atoms with Crippen molar-refractivity contribution in [1.29, 1.82) is 0 Å². The molecule has 1 heterocycles. The van der Waals surface area contributed by atoms with E-state index in [0.717, 1.165) is 25.7 Å². The van der Waals surface area contributed by atoms with Crippen molar-refractivity contribution in [2.75, 3.05) is 6.54 Å². The average molecular weight is 230 g/mol. The topological polar surface area (TPSA) is 24.1 Å². The summed E-state index contributed by atoms with van der Waals surface area (Å²) in [5.74, 6) is 0. The molecule has 1 aromatic carbocycles. The molecule has 1 fully saturated rings. The lowest BCUT2D eigenvalue weighted by atomic mass is 9.98. The van der Waals surface area contributed by atoms with Crippen molar-refractivity contribution in [2.24, 2.45) is 0 Å². The Morgan fingerprint density at radius 2 is 2.06 bits per heavy atom. The van der Waals surface area contributed by atoms with E-state index in [0.29, 0.717) is 0 Å². The minimum absolute atomic E-state index is 0.771. The van der Waals surface area contributed by atoms with E-state index in [1.54, 1.807) is 5.56 Å². The number of fused-ring (bicyclic) bond motifs is 1. The fourth-order valence-electron chi connectivity index (χ4n) is 3.03. The van der Waals surface area contributed by atoms with E-state index in [2.05, 4.69) is 28.8 Å². The van der Waals surface area contributed by atoms with Crippen LogP contribution in [-0.4, -0.2) is 12.6 Å². The van der Waals surface area contributed by atoms with Gasteiger partial charge in [0.25, 0.3) is 0 Å². The Balaban J connectivity index is 1.62. The standard InChI is InChI=1S/C15H22N2/c1-2-4-15(3-1)17-10-12-5-6-14-11-16-8-7-13(14)9-12/h5-6,9,15-17H,1-4,7-8,10-11H2. The van der Waals surface area contributed by atoms with Crippen molar-refractivity contribution in [3.63, 3.8) is 0 Å². The van der Waals surface area contributed by atoms with Crippen molar-refractivity contribution in [1.82, 2.24) is 10.6 Å². The molecule has 0 aromatic heterocycles. The van der Waals surface area contributed by atoms with Crippen LogP contribution in [0.25, 0.3) is 0 Å². The van der Waals surface area contributed by atoms with Crippen molar-refractivity contribution in [3.05, 3.63) is 34.9 Å². The molecule has 17 heavy (non-hydrogen) atoms. The smallest absolute Gasteiger partial charge is 0.0208 e. The summed E-state index contributed by atoms with van der Waals surface area (Å²) in [6.45, 7) is 3.23. The molecule has 0 bridgehead atoms. The van der Waals surface area contributed by atoms with Crippen molar-refractivity contribution in [2.45, 2.75) is 51.2 Å². The number of benzene rings is 1. The first-order chi connectivity index (χ1) is 8.42. The second-order valence-corrected chi connectivity index (χ2v) is 5.39. The normalized spacial score (nSPS) is 20.5. The Bertz CT molecular complexity index is 381. The van der Waals surface area contributed by atoms with Crippen LogP contribution in [0, 0.1) is 0 Å². The minimum atomic E-state index is 0.771. The lowest BCUT2D eigenvalue weighted by Gasteiger charge is -2.18. The van der Waals surface area contributed by atoms with Crippen LogP contribution in [0.15, 0.2) is 18.2 Å². The summed E-state index contributed by atoms with van der Waals surface area (Å²) in [5.41, 5.74) is 4.49. The molecule has 1 aliphatic heterocycles. The highest BCUT2D eigenvalue weighted by atomic mass is 14.9. The molecule has 0 amide bonds. The van der Waals surface area contributed by atoms with Gasteiger partial charge in [0.1, 0.15) is 0 Å². The van der Waals surface area contributed by atoms with Crippen LogP contribution in [-0.2, 0) is 19.5 Å². The molecule has 2 nitrogen and oxygen atoms in total. The number of hydrogen-bond acceptors (Lipinski definition) is 2. The highest BCUT2D eigenvalue weighted by Gasteiger charge is 2.14. The largest absolute Gasteiger partial charge is 0.312 e. The summed E-state index contributed by atoms with van der Waals surface area (Å²) in [4.78, 5) is 0. The Hall–Kier alpha value is -0.860. The summed E-state index contributed by atoms with van der Waals surface area (Å²) >= 11 is 0. The molecule has 1 aromatic rings. The van der Waals surface area contributed by atoms with E-state index < -0.39 is 0 Å². The molecule has 2 N–H and O–H groups in total. The fourth-order valence-corrected chi connectivity index (χ4v) is 3.03. The van der Waals surface area contributed by atoms with Gasteiger partial charge in [-0.2, -0.15) is 0 Å². The number of nitrogens with one attached hydrogen (secondary N) is 2. The third-order valence-electron chi connectivity index (χ3n) is 4.11. The first-order valence-corrected chi connectivity index (χ1v) is 6.96. The van der Waals surface area contributed by atoms with E-state index in [1.807, 2.05) is 0 Å². The van der Waals surface area contributed by atoms with Crippen LogP contribution in [0.2, 0.25) is 0 Å². The third-order valence-corrected chi connectivity index (χ3v) is 4.11. The summed E-state index contributed by atoms with van der Waals surface area (Å²) in [6, 6.07) is 7.76. The van der Waals surface area contributed by atoms with Gasteiger partial charge in [0, 0.05) is 19.1 Å². The SMILES string of the molecule is c1cc2c(cc1CNC1CCCC1)CCNC2. The molecular weight excluding hydrogens is 208 g/mol. The number of rotatable bonds is 3. The Morgan fingerprint density at radius 1 is 1.18 bits per heavy atom. The highest BCUT2D eigenvalue weighted by Crippen LogP contribution is 2.19. The predicted octanol–water partition coefficient (Wildman–Crippen LogP) is 2.36. The molecule has 1 aliphatic carbocycles. The van der Waals surface area contributed by atoms with E-state index in [-0.39, 0.29) is 0 Å². The van der Waals surface area contributed by atoms with Gasteiger partial charge in [0.15, 0.2) is 0 Å². The average Bonchev–Trinajstić information content (AvgIpc) is 2.89. The van der Waals surface area contributed by atoms with Crippen LogP contribution in [0.5, 0.6) is 0 Å². The lowest BCUT2D eigenvalue weighted by Crippen LogP contribution is -2.26. The maximum Gasteiger partial charge on any atom is 0.0208 e. The molecule has 92 valence electrons. The van der Waals surface area contributed by atoms with Crippen LogP contribution >= 0.6 is 0 Å². The second kappa shape index (κ2) is 5.19. The van der Waals surface area contributed by atoms with Gasteiger partial charge in [-0.05, 0) is 42.5 Å². The number of hydrogen-bond donors (Lipinski definition) is 2. The first-order valence-electron chi connectivity index (χ1n) is 6.96. The van der Waals surface area contributed by atoms with Crippen LogP contribution < -0.4 is 10.6 Å². The van der Waals surface area contributed by atoms with Gasteiger partial charge < -0.3 is 10.6 Å².